The van der Waals surface area contributed by atoms with Crippen molar-refractivity contribution in [1.82, 2.24) is 15.6 Å². The molecule has 0 fully saturated rings. The first-order chi connectivity index (χ1) is 14.0. The molecule has 0 aliphatic rings. The highest BCUT2D eigenvalue weighted by Crippen LogP contribution is 2.19. The number of benzene rings is 2. The topological polar surface area (TPSA) is 121 Å². The number of carboxylic acid groups (broad SMARTS) is 1. The van der Waals surface area contributed by atoms with E-state index in [1.165, 1.54) is 0 Å². The average Bonchev–Trinajstić information content (AvgIpc) is 3.14. The second kappa shape index (κ2) is 9.41. The second-order valence-electron chi connectivity index (χ2n) is 6.44. The number of ether oxygens (including phenoxy) is 1. The molecule has 0 aliphatic heterocycles. The van der Waals surface area contributed by atoms with Crippen molar-refractivity contribution >= 4 is 28.9 Å². The Bertz CT molecular complexity index is 1000. The van der Waals surface area contributed by atoms with E-state index in [1.807, 2.05) is 54.6 Å². The Balaban J connectivity index is 1.49. The molecular weight excluding hydrogens is 374 g/mol. The fraction of sp³-hybridized carbons (Fsp3) is 0.190. The van der Waals surface area contributed by atoms with Crippen LogP contribution in [0.5, 0.6) is 0 Å². The van der Waals surface area contributed by atoms with Gasteiger partial charge in [-0.25, -0.2) is 9.59 Å². The largest absolute Gasteiger partial charge is 0.480 e. The summed E-state index contributed by atoms with van der Waals surface area (Å²) in [5.41, 5.74) is 2.49. The number of hydrogen-bond acceptors (Lipinski definition) is 4. The summed E-state index contributed by atoms with van der Waals surface area (Å²) >= 11 is 0. The molecule has 150 valence electrons. The van der Waals surface area contributed by atoms with E-state index in [2.05, 4.69) is 15.6 Å². The van der Waals surface area contributed by atoms with Crippen LogP contribution >= 0.6 is 0 Å². The number of carboxylic acids is 1. The molecule has 1 heterocycles. The van der Waals surface area contributed by atoms with Crippen molar-refractivity contribution in [2.75, 3.05) is 6.54 Å². The summed E-state index contributed by atoms with van der Waals surface area (Å²) in [5.74, 6) is -1.77. The normalized spacial score (nSPS) is 11.6. The molecule has 29 heavy (non-hydrogen) atoms. The van der Waals surface area contributed by atoms with Gasteiger partial charge < -0.3 is 25.5 Å². The van der Waals surface area contributed by atoms with Gasteiger partial charge in [-0.2, -0.15) is 0 Å². The first-order valence-corrected chi connectivity index (χ1v) is 9.04. The van der Waals surface area contributed by atoms with Gasteiger partial charge in [-0.15, -0.1) is 0 Å². The Morgan fingerprint density at radius 2 is 1.76 bits per heavy atom. The van der Waals surface area contributed by atoms with Gasteiger partial charge in [0.15, 0.2) is 0 Å². The number of H-pyrrole nitrogens is 1. The van der Waals surface area contributed by atoms with Crippen LogP contribution in [0.3, 0.4) is 0 Å². The number of alkyl carbamates (subject to hydrolysis) is 1. The molecule has 0 saturated carbocycles. The Morgan fingerprint density at radius 1 is 1.03 bits per heavy atom. The van der Waals surface area contributed by atoms with Gasteiger partial charge in [-0.3, -0.25) is 4.79 Å². The van der Waals surface area contributed by atoms with Gasteiger partial charge in [0, 0.05) is 23.5 Å². The van der Waals surface area contributed by atoms with Crippen LogP contribution in [-0.2, 0) is 27.4 Å². The number of carbonyl (C=O) groups excluding carboxylic acids is 2. The van der Waals surface area contributed by atoms with Gasteiger partial charge >= 0.3 is 12.1 Å². The lowest BCUT2D eigenvalue weighted by Crippen LogP contribution is -2.46. The van der Waals surface area contributed by atoms with Crippen LogP contribution in [0.2, 0.25) is 0 Å². The van der Waals surface area contributed by atoms with Gasteiger partial charge in [0.2, 0.25) is 5.91 Å². The number of nitrogens with one attached hydrogen (secondary N) is 3. The minimum Gasteiger partial charge on any atom is -0.480 e. The fourth-order valence-electron chi connectivity index (χ4n) is 2.89. The molecule has 0 unspecified atom stereocenters. The molecular formula is C21H21N3O5. The number of fused-ring (bicyclic) bond motifs is 1. The molecule has 0 aliphatic carbocycles. The average molecular weight is 395 g/mol. The first kappa shape index (κ1) is 19.9. The molecule has 2 aromatic carbocycles. The van der Waals surface area contributed by atoms with Crippen molar-refractivity contribution in [3.05, 3.63) is 71.9 Å². The summed E-state index contributed by atoms with van der Waals surface area (Å²) in [6.07, 6.45) is 1.09. The quantitative estimate of drug-likeness (QED) is 0.466. The highest BCUT2D eigenvalue weighted by atomic mass is 16.5. The number of aromatic amines is 1. The standard InChI is InChI=1S/C21H21N3O5/c25-19(12-23-21(28)29-13-14-6-2-1-3-7-14)24-18(20(26)27)10-15-11-22-17-9-5-4-8-16(15)17/h1-9,11,18,22H,10,12-13H2,(H,23,28)(H,24,25)(H,26,27)/t18-/m1/s1. The van der Waals surface area contributed by atoms with Gasteiger partial charge in [0.1, 0.15) is 19.2 Å². The van der Waals surface area contributed by atoms with Crippen molar-refractivity contribution < 1.29 is 24.2 Å². The summed E-state index contributed by atoms with van der Waals surface area (Å²) < 4.78 is 5.01. The molecule has 8 nitrogen and oxygen atoms in total. The van der Waals surface area contributed by atoms with E-state index in [0.717, 1.165) is 22.0 Å². The molecule has 1 aromatic heterocycles. The Kier molecular flexibility index (Phi) is 6.47. The minimum atomic E-state index is -1.16. The van der Waals surface area contributed by atoms with E-state index in [0.29, 0.717) is 0 Å². The summed E-state index contributed by atoms with van der Waals surface area (Å²) in [6, 6.07) is 15.5. The third kappa shape index (κ3) is 5.58. The predicted molar refractivity (Wildman–Crippen MR) is 106 cm³/mol. The van der Waals surface area contributed by atoms with Crippen LogP contribution in [-0.4, -0.2) is 40.6 Å². The molecule has 0 radical (unpaired) electrons. The highest BCUT2D eigenvalue weighted by molar-refractivity contribution is 5.88. The van der Waals surface area contributed by atoms with Gasteiger partial charge in [0.05, 0.1) is 0 Å². The van der Waals surface area contributed by atoms with Crippen molar-refractivity contribution in [2.45, 2.75) is 19.1 Å². The van der Waals surface area contributed by atoms with E-state index in [1.54, 1.807) is 6.20 Å². The van der Waals surface area contributed by atoms with Gasteiger partial charge in [-0.05, 0) is 17.2 Å². The van der Waals surface area contributed by atoms with Crippen LogP contribution in [0.15, 0.2) is 60.8 Å². The molecule has 8 heteroatoms. The lowest BCUT2D eigenvalue weighted by atomic mass is 10.1. The van der Waals surface area contributed by atoms with Crippen LogP contribution < -0.4 is 10.6 Å². The van der Waals surface area contributed by atoms with Gasteiger partial charge in [0.25, 0.3) is 0 Å². The first-order valence-electron chi connectivity index (χ1n) is 9.04. The highest BCUT2D eigenvalue weighted by Gasteiger charge is 2.22. The minimum absolute atomic E-state index is 0.0760. The van der Waals surface area contributed by atoms with Crippen molar-refractivity contribution in [3.63, 3.8) is 0 Å². The van der Waals surface area contributed by atoms with E-state index in [-0.39, 0.29) is 19.6 Å². The SMILES string of the molecule is O=C(CNC(=O)OCc1ccccc1)N[C@H](Cc1c[nH]c2ccccc12)C(=O)O. The predicted octanol–water partition coefficient (Wildman–Crippen LogP) is 2.21. The lowest BCUT2D eigenvalue weighted by molar-refractivity contribution is -0.141. The maximum absolute atomic E-state index is 12.1. The Hall–Kier alpha value is -3.81. The number of amides is 2. The number of aliphatic carboxylic acids is 1. The van der Waals surface area contributed by atoms with Gasteiger partial charge in [-0.1, -0.05) is 48.5 Å². The van der Waals surface area contributed by atoms with E-state index >= 15 is 0 Å². The zero-order valence-corrected chi connectivity index (χ0v) is 15.6. The molecule has 3 rings (SSSR count). The molecule has 4 N–H and O–H groups in total. The number of aromatic nitrogens is 1. The lowest BCUT2D eigenvalue weighted by Gasteiger charge is -2.14. The van der Waals surface area contributed by atoms with Crippen LogP contribution in [0, 0.1) is 0 Å². The van der Waals surface area contributed by atoms with Crippen molar-refractivity contribution in [2.24, 2.45) is 0 Å². The number of carbonyl (C=O) groups is 3. The fourth-order valence-corrected chi connectivity index (χ4v) is 2.89. The molecule has 2 amide bonds. The molecule has 0 spiro atoms. The van der Waals surface area contributed by atoms with Crippen molar-refractivity contribution in [3.8, 4) is 0 Å². The van der Waals surface area contributed by atoms with Crippen LogP contribution in [0.4, 0.5) is 4.79 Å². The van der Waals surface area contributed by atoms with E-state index in [4.69, 9.17) is 4.74 Å². The summed E-state index contributed by atoms with van der Waals surface area (Å²) in [5, 5.41) is 15.1. The molecule has 0 saturated heterocycles. The zero-order valence-electron chi connectivity index (χ0n) is 15.6. The Morgan fingerprint density at radius 3 is 2.52 bits per heavy atom. The van der Waals surface area contributed by atoms with Crippen LogP contribution in [0.1, 0.15) is 11.1 Å². The zero-order chi connectivity index (χ0) is 20.6. The number of rotatable bonds is 8. The third-order valence-electron chi connectivity index (χ3n) is 4.34. The maximum atomic E-state index is 12.1. The van der Waals surface area contributed by atoms with E-state index < -0.39 is 24.0 Å². The maximum Gasteiger partial charge on any atom is 0.407 e. The summed E-state index contributed by atoms with van der Waals surface area (Å²) in [7, 11) is 0. The van der Waals surface area contributed by atoms with Crippen molar-refractivity contribution in [1.29, 1.82) is 0 Å². The molecule has 0 bridgehead atoms. The molecule has 1 atom stereocenters. The number of hydrogen-bond donors (Lipinski definition) is 4. The Labute approximate surface area is 166 Å². The monoisotopic (exact) mass is 395 g/mol. The van der Waals surface area contributed by atoms with Crippen LogP contribution in [0.25, 0.3) is 10.9 Å². The molecule has 3 aromatic rings. The number of para-hydroxylation sites is 1. The summed E-state index contributed by atoms with van der Waals surface area (Å²) in [4.78, 5) is 38.4. The van der Waals surface area contributed by atoms with E-state index in [9.17, 15) is 19.5 Å². The summed E-state index contributed by atoms with van der Waals surface area (Å²) in [6.45, 7) is -0.308. The smallest absolute Gasteiger partial charge is 0.407 e. The third-order valence-corrected chi connectivity index (χ3v) is 4.34. The second-order valence-corrected chi connectivity index (χ2v) is 6.44.